The lowest BCUT2D eigenvalue weighted by molar-refractivity contribution is -0.113. The highest BCUT2D eigenvalue weighted by molar-refractivity contribution is 7.99. The summed E-state index contributed by atoms with van der Waals surface area (Å²) < 4.78 is 13.0. The van der Waals surface area contributed by atoms with Gasteiger partial charge in [0, 0.05) is 40.3 Å². The van der Waals surface area contributed by atoms with Crippen LogP contribution >= 0.6 is 23.1 Å². The lowest BCUT2D eigenvalue weighted by atomic mass is 10.1. The Morgan fingerprint density at radius 1 is 1.18 bits per heavy atom. The normalized spacial score (nSPS) is 11.0. The predicted molar refractivity (Wildman–Crippen MR) is 133 cm³/mol. The molecule has 0 atom stereocenters. The molecular weight excluding hydrogens is 472 g/mol. The van der Waals surface area contributed by atoms with Crippen molar-refractivity contribution < 1.29 is 14.3 Å². The molecule has 172 valence electrons. The zero-order valence-electron chi connectivity index (χ0n) is 18.3. The Balaban J connectivity index is 1.58. The molecule has 0 unspecified atom stereocenters. The number of aromatic nitrogens is 5. The number of nitrogens with zero attached hydrogens (tertiary/aromatic N) is 4. The molecule has 0 bridgehead atoms. The molecule has 0 saturated carbocycles. The van der Waals surface area contributed by atoms with Crippen molar-refractivity contribution in [3.8, 4) is 28.6 Å². The van der Waals surface area contributed by atoms with Crippen LogP contribution in [0.5, 0.6) is 11.5 Å². The van der Waals surface area contributed by atoms with Crippen LogP contribution in [-0.4, -0.2) is 50.6 Å². The summed E-state index contributed by atoms with van der Waals surface area (Å²) in [5.41, 5.74) is 2.57. The maximum absolute atomic E-state index is 12.5. The van der Waals surface area contributed by atoms with Crippen molar-refractivity contribution >= 4 is 45.0 Å². The van der Waals surface area contributed by atoms with Crippen molar-refractivity contribution in [2.75, 3.05) is 25.3 Å². The highest BCUT2D eigenvalue weighted by Gasteiger charge is 2.22. The van der Waals surface area contributed by atoms with E-state index in [2.05, 4.69) is 25.5 Å². The van der Waals surface area contributed by atoms with Crippen LogP contribution in [0, 0.1) is 0 Å². The van der Waals surface area contributed by atoms with E-state index in [1.807, 2.05) is 58.6 Å². The summed E-state index contributed by atoms with van der Waals surface area (Å²) >= 11 is 2.64. The van der Waals surface area contributed by atoms with Crippen molar-refractivity contribution in [2.45, 2.75) is 5.16 Å². The fraction of sp³-hybridized carbons (Fsp3) is 0.130. The first kappa shape index (κ1) is 22.0. The van der Waals surface area contributed by atoms with Gasteiger partial charge in [-0.1, -0.05) is 30.0 Å². The molecule has 0 aliphatic carbocycles. The standard InChI is InChI=1S/C23H20N6O3S2/c1-31-14-7-8-19(32-2)18(11-14)29-21(16-12-25-17-6-4-3-5-15(16)17)27-28-23(29)34-13-20(30)26-22-24-9-10-33-22/h3-12,25H,13H2,1-2H3,(H,24,26,30). The number of aromatic amines is 1. The average molecular weight is 493 g/mol. The van der Waals surface area contributed by atoms with E-state index in [-0.39, 0.29) is 11.7 Å². The Hall–Kier alpha value is -3.83. The predicted octanol–water partition coefficient (Wildman–Crippen LogP) is 4.62. The number of hydrogen-bond donors (Lipinski definition) is 2. The molecular formula is C23H20N6O3S2. The molecule has 34 heavy (non-hydrogen) atoms. The molecule has 0 saturated heterocycles. The third kappa shape index (κ3) is 4.22. The topological polar surface area (TPSA) is 107 Å². The molecule has 5 aromatic rings. The van der Waals surface area contributed by atoms with E-state index in [4.69, 9.17) is 9.47 Å². The molecule has 0 aliphatic heterocycles. The second kappa shape index (κ2) is 9.57. The van der Waals surface area contributed by atoms with Crippen LogP contribution in [0.2, 0.25) is 0 Å². The summed E-state index contributed by atoms with van der Waals surface area (Å²) in [7, 11) is 3.21. The van der Waals surface area contributed by atoms with Crippen LogP contribution in [0.4, 0.5) is 5.13 Å². The molecule has 1 amide bonds. The maximum Gasteiger partial charge on any atom is 0.236 e. The van der Waals surface area contributed by atoms with Crippen LogP contribution in [0.3, 0.4) is 0 Å². The van der Waals surface area contributed by atoms with Gasteiger partial charge in [0.15, 0.2) is 16.1 Å². The number of amides is 1. The minimum Gasteiger partial charge on any atom is -0.497 e. The quantitative estimate of drug-likeness (QED) is 0.304. The highest BCUT2D eigenvalue weighted by atomic mass is 32.2. The molecule has 2 aromatic carbocycles. The fourth-order valence-electron chi connectivity index (χ4n) is 3.55. The number of carbonyl (C=O) groups is 1. The van der Waals surface area contributed by atoms with Gasteiger partial charge in [-0.05, 0) is 18.2 Å². The van der Waals surface area contributed by atoms with Gasteiger partial charge < -0.3 is 19.8 Å². The largest absolute Gasteiger partial charge is 0.497 e. The van der Waals surface area contributed by atoms with Crippen LogP contribution < -0.4 is 14.8 Å². The highest BCUT2D eigenvalue weighted by Crippen LogP contribution is 2.37. The number of ether oxygens (including phenoxy) is 2. The first-order valence-corrected chi connectivity index (χ1v) is 12.1. The number of fused-ring (bicyclic) bond motifs is 1. The molecule has 11 heteroatoms. The number of nitrogens with one attached hydrogen (secondary N) is 2. The smallest absolute Gasteiger partial charge is 0.236 e. The number of para-hydroxylation sites is 1. The minimum absolute atomic E-state index is 0.137. The van der Waals surface area contributed by atoms with Crippen LogP contribution in [0.1, 0.15) is 0 Å². The molecule has 9 nitrogen and oxygen atoms in total. The maximum atomic E-state index is 12.5. The second-order valence-corrected chi connectivity index (χ2v) is 8.94. The Morgan fingerprint density at radius 3 is 2.85 bits per heavy atom. The summed E-state index contributed by atoms with van der Waals surface area (Å²) in [5, 5.41) is 15.6. The van der Waals surface area contributed by atoms with E-state index in [1.165, 1.54) is 23.1 Å². The van der Waals surface area contributed by atoms with Gasteiger partial charge in [-0.3, -0.25) is 9.36 Å². The summed E-state index contributed by atoms with van der Waals surface area (Å²) in [6.45, 7) is 0. The van der Waals surface area contributed by atoms with Crippen molar-refractivity contribution in [3.05, 3.63) is 60.2 Å². The van der Waals surface area contributed by atoms with E-state index in [1.54, 1.807) is 20.4 Å². The van der Waals surface area contributed by atoms with Crippen molar-refractivity contribution in [1.82, 2.24) is 24.7 Å². The average Bonchev–Trinajstić information content (AvgIpc) is 3.62. The van der Waals surface area contributed by atoms with E-state index in [0.717, 1.165) is 16.5 Å². The van der Waals surface area contributed by atoms with Gasteiger partial charge in [-0.15, -0.1) is 21.5 Å². The number of benzene rings is 2. The number of H-pyrrole nitrogens is 1. The number of hydrogen-bond acceptors (Lipinski definition) is 8. The van der Waals surface area contributed by atoms with E-state index in [0.29, 0.717) is 33.3 Å². The van der Waals surface area contributed by atoms with Gasteiger partial charge in [0.05, 0.1) is 25.7 Å². The minimum atomic E-state index is -0.180. The van der Waals surface area contributed by atoms with Gasteiger partial charge in [-0.2, -0.15) is 0 Å². The van der Waals surface area contributed by atoms with E-state index >= 15 is 0 Å². The van der Waals surface area contributed by atoms with Crippen LogP contribution in [0.15, 0.2) is 65.4 Å². The third-order valence-corrected chi connectivity index (χ3v) is 6.72. The number of thiazole rings is 1. The van der Waals surface area contributed by atoms with Crippen molar-refractivity contribution in [1.29, 1.82) is 0 Å². The fourth-order valence-corrected chi connectivity index (χ4v) is 4.84. The number of carbonyl (C=O) groups excluding carboxylic acids is 1. The van der Waals surface area contributed by atoms with Gasteiger partial charge in [0.1, 0.15) is 11.5 Å². The Kier molecular flexibility index (Phi) is 6.19. The third-order valence-electron chi connectivity index (χ3n) is 5.10. The molecule has 0 aliphatic rings. The lowest BCUT2D eigenvalue weighted by Crippen LogP contribution is -2.14. The molecule has 3 heterocycles. The first-order chi connectivity index (χ1) is 16.7. The Morgan fingerprint density at radius 2 is 2.06 bits per heavy atom. The van der Waals surface area contributed by atoms with E-state index < -0.39 is 0 Å². The number of anilines is 1. The summed E-state index contributed by atoms with van der Waals surface area (Å²) in [6, 6.07) is 13.5. The summed E-state index contributed by atoms with van der Waals surface area (Å²) in [5.74, 6) is 1.85. The van der Waals surface area contributed by atoms with Gasteiger partial charge >= 0.3 is 0 Å². The molecule has 0 spiro atoms. The van der Waals surface area contributed by atoms with Gasteiger partial charge in [0.25, 0.3) is 0 Å². The van der Waals surface area contributed by atoms with Crippen LogP contribution in [-0.2, 0) is 4.79 Å². The molecule has 3 aromatic heterocycles. The van der Waals surface area contributed by atoms with E-state index in [9.17, 15) is 4.79 Å². The van der Waals surface area contributed by atoms with Crippen LogP contribution in [0.25, 0.3) is 28.0 Å². The zero-order chi connectivity index (χ0) is 23.5. The summed E-state index contributed by atoms with van der Waals surface area (Å²) in [4.78, 5) is 19.9. The molecule has 0 radical (unpaired) electrons. The van der Waals surface area contributed by atoms with Crippen molar-refractivity contribution in [2.24, 2.45) is 0 Å². The summed E-state index contributed by atoms with van der Waals surface area (Å²) in [6.07, 6.45) is 3.55. The molecule has 0 fully saturated rings. The second-order valence-electron chi connectivity index (χ2n) is 7.10. The molecule has 2 N–H and O–H groups in total. The Labute approximate surface area is 203 Å². The number of methoxy groups -OCH3 is 2. The van der Waals surface area contributed by atoms with Gasteiger partial charge in [-0.25, -0.2) is 4.98 Å². The Bertz CT molecular complexity index is 1440. The lowest BCUT2D eigenvalue weighted by Gasteiger charge is -2.15. The van der Waals surface area contributed by atoms with Crippen molar-refractivity contribution in [3.63, 3.8) is 0 Å². The van der Waals surface area contributed by atoms with Gasteiger partial charge in [0.2, 0.25) is 5.91 Å². The zero-order valence-corrected chi connectivity index (χ0v) is 19.9. The number of rotatable bonds is 8. The number of thioether (sulfide) groups is 1. The monoisotopic (exact) mass is 492 g/mol. The molecule has 5 rings (SSSR count). The SMILES string of the molecule is COc1ccc(OC)c(-n2c(SCC(=O)Nc3nccs3)nnc2-c2c[nH]c3ccccc23)c1. The first-order valence-electron chi connectivity index (χ1n) is 10.2.